The number of nitrogens with zero attached hydrogens (tertiary/aromatic N) is 5. The van der Waals surface area contributed by atoms with Gasteiger partial charge in [0, 0.05) is 12.3 Å². The second-order valence-electron chi connectivity index (χ2n) is 8.39. The molecule has 1 aliphatic heterocycles. The molecule has 0 aliphatic carbocycles. The Balaban J connectivity index is 1.94. The molecule has 1 aromatic heterocycles. The lowest BCUT2D eigenvalue weighted by Crippen LogP contribution is -2.41. The molecule has 168 valence electrons. The smallest absolute Gasteiger partial charge is 0.434 e. The van der Waals surface area contributed by atoms with Gasteiger partial charge < -0.3 is 9.64 Å². The van der Waals surface area contributed by atoms with E-state index in [2.05, 4.69) is 9.98 Å². The topological polar surface area (TPSA) is 101 Å². The highest BCUT2D eigenvalue weighted by molar-refractivity contribution is 5.96. The third-order valence-electron chi connectivity index (χ3n) is 4.69. The Morgan fingerprint density at radius 3 is 2.78 bits per heavy atom. The fraction of sp³-hybridized carbons (Fsp3) is 0.409. The Morgan fingerprint density at radius 1 is 1.34 bits per heavy atom. The quantitative estimate of drug-likeness (QED) is 0.721. The van der Waals surface area contributed by atoms with Gasteiger partial charge in [0.15, 0.2) is 0 Å². The molecule has 0 atom stereocenters. The second-order valence-corrected chi connectivity index (χ2v) is 8.39. The molecule has 0 N–H and O–H groups in total. The van der Waals surface area contributed by atoms with Crippen molar-refractivity contribution in [2.45, 2.75) is 45.8 Å². The zero-order valence-corrected chi connectivity index (χ0v) is 18.1. The fourth-order valence-electron chi connectivity index (χ4n) is 3.35. The molecule has 8 nitrogen and oxygen atoms in total. The van der Waals surface area contributed by atoms with Gasteiger partial charge in [-0.05, 0) is 57.4 Å². The van der Waals surface area contributed by atoms with E-state index in [-0.39, 0.29) is 30.2 Å². The summed E-state index contributed by atoms with van der Waals surface area (Å²) in [7, 11) is 0. The van der Waals surface area contributed by atoms with Crippen molar-refractivity contribution in [1.82, 2.24) is 9.55 Å². The summed E-state index contributed by atoms with van der Waals surface area (Å²) >= 11 is 0. The van der Waals surface area contributed by atoms with Crippen LogP contribution in [0.3, 0.4) is 0 Å². The molecular formula is C22H23F2N5O3. The Morgan fingerprint density at radius 2 is 2.09 bits per heavy atom. The predicted octanol–water partition coefficient (Wildman–Crippen LogP) is 3.42. The highest BCUT2D eigenvalue weighted by atomic mass is 19.1. The average molecular weight is 443 g/mol. The first kappa shape index (κ1) is 23.1. The van der Waals surface area contributed by atoms with Crippen LogP contribution in [0.15, 0.2) is 34.2 Å². The average Bonchev–Trinajstić information content (AvgIpc) is 2.70. The number of carbonyl (C=O) groups is 1. The van der Waals surface area contributed by atoms with Crippen molar-refractivity contribution in [3.8, 4) is 6.07 Å². The Hall–Kier alpha value is -3.61. The molecule has 1 saturated heterocycles. The van der Waals surface area contributed by atoms with Gasteiger partial charge in [0.05, 0.1) is 30.9 Å². The van der Waals surface area contributed by atoms with Gasteiger partial charge >= 0.3 is 6.09 Å². The van der Waals surface area contributed by atoms with Crippen LogP contribution in [0.4, 0.5) is 19.5 Å². The van der Waals surface area contributed by atoms with Gasteiger partial charge in [-0.15, -0.1) is 0 Å². The maximum atomic E-state index is 14.1. The molecule has 0 unspecified atom stereocenters. The first-order valence-electron chi connectivity index (χ1n) is 10.1. The molecule has 0 bridgehead atoms. The molecular weight excluding hydrogens is 420 g/mol. The maximum Gasteiger partial charge on any atom is 0.434 e. The Bertz CT molecular complexity index is 1160. The zero-order chi connectivity index (χ0) is 23.5. The van der Waals surface area contributed by atoms with Crippen LogP contribution in [0.1, 0.15) is 44.7 Å². The summed E-state index contributed by atoms with van der Waals surface area (Å²) in [5, 5.41) is 9.31. The first-order valence-corrected chi connectivity index (χ1v) is 10.1. The summed E-state index contributed by atoms with van der Waals surface area (Å²) in [6.07, 6.45) is 1.30. The van der Waals surface area contributed by atoms with Gasteiger partial charge in [0.2, 0.25) is 11.8 Å². The Kier molecular flexibility index (Phi) is 6.67. The van der Waals surface area contributed by atoms with Gasteiger partial charge in [-0.1, -0.05) is 0 Å². The first-order chi connectivity index (χ1) is 15.1. The maximum absolute atomic E-state index is 14.1. The van der Waals surface area contributed by atoms with E-state index in [0.29, 0.717) is 25.1 Å². The predicted molar refractivity (Wildman–Crippen MR) is 114 cm³/mol. The molecule has 0 spiro atoms. The second kappa shape index (κ2) is 9.26. The molecule has 3 rings (SSSR count). The van der Waals surface area contributed by atoms with E-state index in [0.717, 1.165) is 22.9 Å². The van der Waals surface area contributed by atoms with Gasteiger partial charge in [-0.3, -0.25) is 9.36 Å². The zero-order valence-electron chi connectivity index (χ0n) is 18.1. The number of nitriles is 1. The number of anilines is 1. The normalized spacial score (nSPS) is 15.5. The highest BCUT2D eigenvalue weighted by Gasteiger charge is 2.24. The molecule has 2 heterocycles. The van der Waals surface area contributed by atoms with Crippen molar-refractivity contribution in [1.29, 1.82) is 5.26 Å². The molecule has 1 aliphatic rings. The number of hydrogen-bond donors (Lipinski definition) is 0. The summed E-state index contributed by atoms with van der Waals surface area (Å²) in [5.74, 6) is -1.51. The van der Waals surface area contributed by atoms with E-state index >= 15 is 0 Å². The van der Waals surface area contributed by atoms with Crippen molar-refractivity contribution in [3.05, 3.63) is 57.5 Å². The summed E-state index contributed by atoms with van der Waals surface area (Å²) < 4.78 is 34.1. The monoisotopic (exact) mass is 443 g/mol. The lowest BCUT2D eigenvalue weighted by Gasteiger charge is -2.30. The summed E-state index contributed by atoms with van der Waals surface area (Å²) in [4.78, 5) is 34.4. The van der Waals surface area contributed by atoms with E-state index in [1.807, 2.05) is 6.07 Å². The van der Waals surface area contributed by atoms with Crippen molar-refractivity contribution in [2.75, 3.05) is 18.0 Å². The molecule has 32 heavy (non-hydrogen) atoms. The van der Waals surface area contributed by atoms with Crippen LogP contribution in [0.2, 0.25) is 0 Å². The van der Waals surface area contributed by atoms with E-state index in [9.17, 15) is 23.6 Å². The molecule has 0 saturated carbocycles. The van der Waals surface area contributed by atoms with E-state index in [1.165, 1.54) is 6.07 Å². The highest BCUT2D eigenvalue weighted by Crippen LogP contribution is 2.19. The third kappa shape index (κ3) is 5.55. The number of rotatable bonds is 3. The largest absolute Gasteiger partial charge is 0.442 e. The third-order valence-corrected chi connectivity index (χ3v) is 4.69. The van der Waals surface area contributed by atoms with Crippen molar-refractivity contribution in [3.63, 3.8) is 0 Å². The fourth-order valence-corrected chi connectivity index (χ4v) is 3.35. The van der Waals surface area contributed by atoms with E-state index < -0.39 is 28.9 Å². The number of aliphatic imine (C=N–C) groups is 1. The van der Waals surface area contributed by atoms with Gasteiger partial charge in [-0.2, -0.15) is 14.6 Å². The van der Waals surface area contributed by atoms with Crippen molar-refractivity contribution in [2.24, 2.45) is 4.99 Å². The lowest BCUT2D eigenvalue weighted by atomic mass is 10.1. The number of carbonyl (C=O) groups excluding carboxylic acids is 1. The van der Waals surface area contributed by atoms with Crippen LogP contribution in [-0.2, 0) is 11.3 Å². The molecule has 1 amide bonds. The lowest BCUT2D eigenvalue weighted by molar-refractivity contribution is 0.0603. The minimum absolute atomic E-state index is 0.140. The molecule has 1 fully saturated rings. The van der Waals surface area contributed by atoms with Gasteiger partial charge in [-0.25, -0.2) is 14.2 Å². The minimum Gasteiger partial charge on any atom is -0.442 e. The van der Waals surface area contributed by atoms with Crippen molar-refractivity contribution < 1.29 is 18.3 Å². The number of ether oxygens (including phenoxy) is 1. The van der Waals surface area contributed by atoms with E-state index in [1.54, 1.807) is 25.7 Å². The summed E-state index contributed by atoms with van der Waals surface area (Å²) in [5.41, 5.74) is -0.696. The van der Waals surface area contributed by atoms with Crippen LogP contribution in [0.5, 0.6) is 0 Å². The van der Waals surface area contributed by atoms with E-state index in [4.69, 9.17) is 4.74 Å². The number of amides is 1. The van der Waals surface area contributed by atoms with Crippen LogP contribution in [0, 0.1) is 23.0 Å². The van der Waals surface area contributed by atoms with Crippen LogP contribution in [-0.4, -0.2) is 40.0 Å². The standard InChI is InChI=1S/C22H23F2N5O3/c1-22(2,3)32-21(31)27-17-5-4-8-28(13-17)20-26-11-18(24)19(30)29(20)12-15-9-16(23)7-6-14(15)10-25/h6-7,9,11H,4-5,8,12-13H2,1-3H3. The summed E-state index contributed by atoms with van der Waals surface area (Å²) in [6.45, 7) is 5.64. The van der Waals surface area contributed by atoms with Gasteiger partial charge in [0.25, 0.3) is 5.56 Å². The summed E-state index contributed by atoms with van der Waals surface area (Å²) in [6, 6.07) is 5.51. The molecule has 10 heteroatoms. The molecule has 2 aromatic rings. The molecule has 1 aromatic carbocycles. The van der Waals surface area contributed by atoms with Crippen molar-refractivity contribution >= 4 is 17.8 Å². The number of benzene rings is 1. The minimum atomic E-state index is -1.07. The van der Waals surface area contributed by atoms with Gasteiger partial charge in [0.1, 0.15) is 11.4 Å². The molecule has 0 radical (unpaired) electrons. The number of aromatic nitrogens is 2. The van der Waals surface area contributed by atoms with Crippen LogP contribution in [0.25, 0.3) is 0 Å². The number of piperidine rings is 1. The number of hydrogen-bond acceptors (Lipinski definition) is 6. The number of halogens is 2. The van der Waals surface area contributed by atoms with Crippen LogP contribution >= 0.6 is 0 Å². The Labute approximate surface area is 183 Å². The SMILES string of the molecule is CC(C)(C)OC(=O)N=C1CCCN(c2ncc(F)c(=O)n2Cc2cc(F)ccc2C#N)C1. The van der Waals surface area contributed by atoms with Crippen LogP contribution < -0.4 is 10.5 Å².